The van der Waals surface area contributed by atoms with Crippen LogP contribution in [0.15, 0.2) is 146 Å². The average molecular weight is 473 g/mol. The highest BCUT2D eigenvalue weighted by molar-refractivity contribution is 5.93. The Kier molecular flexibility index (Phi) is 5.15. The van der Waals surface area contributed by atoms with Crippen molar-refractivity contribution in [3.8, 4) is 11.1 Å². The smallest absolute Gasteiger partial charge is 0.0703 e. The van der Waals surface area contributed by atoms with E-state index in [-0.39, 0.29) is 0 Å². The molecule has 2 nitrogen and oxygen atoms in total. The fourth-order valence-corrected chi connectivity index (χ4v) is 5.12. The maximum Gasteiger partial charge on any atom is 0.0703 e. The minimum Gasteiger partial charge on any atom is -0.310 e. The Bertz CT molecular complexity index is 1890. The molecule has 0 spiro atoms. The molecule has 174 valence electrons. The average Bonchev–Trinajstić information content (AvgIpc) is 2.97. The number of nitrogens with zero attached hydrogens (tertiary/aromatic N) is 2. The number of pyridine rings is 1. The van der Waals surface area contributed by atoms with Gasteiger partial charge < -0.3 is 4.90 Å². The monoisotopic (exact) mass is 472 g/mol. The van der Waals surface area contributed by atoms with Crippen molar-refractivity contribution < 1.29 is 0 Å². The van der Waals surface area contributed by atoms with Crippen molar-refractivity contribution in [3.63, 3.8) is 0 Å². The summed E-state index contributed by atoms with van der Waals surface area (Å²) in [4.78, 5) is 7.12. The zero-order valence-corrected chi connectivity index (χ0v) is 20.3. The van der Waals surface area contributed by atoms with Crippen LogP contribution in [0.2, 0.25) is 0 Å². The van der Waals surface area contributed by atoms with Crippen molar-refractivity contribution in [2.45, 2.75) is 0 Å². The molecule has 0 fully saturated rings. The summed E-state index contributed by atoms with van der Waals surface area (Å²) in [5.74, 6) is 0. The Morgan fingerprint density at radius 1 is 0.378 bits per heavy atom. The number of anilines is 3. The Hall–Kier alpha value is -4.95. The van der Waals surface area contributed by atoms with Gasteiger partial charge in [0, 0.05) is 34.2 Å². The van der Waals surface area contributed by atoms with Gasteiger partial charge in [-0.05, 0) is 81.7 Å². The lowest BCUT2D eigenvalue weighted by atomic mass is 10.0. The largest absolute Gasteiger partial charge is 0.310 e. The Morgan fingerprint density at radius 2 is 0.946 bits per heavy atom. The van der Waals surface area contributed by atoms with Gasteiger partial charge in [-0.2, -0.15) is 0 Å². The highest BCUT2D eigenvalue weighted by Gasteiger charge is 2.14. The van der Waals surface area contributed by atoms with Crippen molar-refractivity contribution in [2.75, 3.05) is 4.90 Å². The van der Waals surface area contributed by atoms with Gasteiger partial charge in [0.1, 0.15) is 0 Å². The number of aromatic nitrogens is 1. The van der Waals surface area contributed by atoms with E-state index < -0.39 is 0 Å². The van der Waals surface area contributed by atoms with E-state index in [4.69, 9.17) is 4.98 Å². The SMILES string of the molecule is c1ccc(N(c2ccc3ccccc3c2)c2ccc3ncc(-c4ccc5ccccc5c4)cc3c2)cc1. The summed E-state index contributed by atoms with van der Waals surface area (Å²) in [6.45, 7) is 0. The standard InChI is InChI=1S/C35H24N2/c1-2-12-32(13-3-1)37(33-17-16-26-9-5-7-11-28(26)22-33)34-18-19-35-30(23-34)21-31(24-36-35)29-15-14-25-8-4-6-10-27(25)20-29/h1-24H. The van der Waals surface area contributed by atoms with Crippen LogP contribution in [0.3, 0.4) is 0 Å². The zero-order valence-electron chi connectivity index (χ0n) is 20.3. The summed E-state index contributed by atoms with van der Waals surface area (Å²) in [7, 11) is 0. The molecule has 0 amide bonds. The first-order valence-corrected chi connectivity index (χ1v) is 12.5. The van der Waals surface area contributed by atoms with E-state index in [1.165, 1.54) is 27.1 Å². The molecule has 0 unspecified atom stereocenters. The molecular weight excluding hydrogens is 448 g/mol. The molecule has 0 N–H and O–H groups in total. The zero-order chi connectivity index (χ0) is 24.6. The molecule has 0 aliphatic carbocycles. The van der Waals surface area contributed by atoms with Crippen LogP contribution in [0.5, 0.6) is 0 Å². The van der Waals surface area contributed by atoms with E-state index in [0.717, 1.165) is 33.5 Å². The molecule has 0 saturated carbocycles. The molecule has 1 heterocycles. The van der Waals surface area contributed by atoms with Gasteiger partial charge in [-0.15, -0.1) is 0 Å². The van der Waals surface area contributed by atoms with Gasteiger partial charge in [0.15, 0.2) is 0 Å². The predicted molar refractivity (Wildman–Crippen MR) is 157 cm³/mol. The van der Waals surface area contributed by atoms with Crippen molar-refractivity contribution in [1.82, 2.24) is 4.98 Å². The molecular formula is C35H24N2. The van der Waals surface area contributed by atoms with Crippen molar-refractivity contribution in [2.24, 2.45) is 0 Å². The fourth-order valence-electron chi connectivity index (χ4n) is 5.12. The lowest BCUT2D eigenvalue weighted by Gasteiger charge is -2.26. The summed E-state index contributed by atoms with van der Waals surface area (Å²) in [6, 6.07) is 49.5. The number of fused-ring (bicyclic) bond motifs is 3. The van der Waals surface area contributed by atoms with Crippen molar-refractivity contribution in [3.05, 3.63) is 146 Å². The quantitative estimate of drug-likeness (QED) is 0.253. The summed E-state index contributed by atoms with van der Waals surface area (Å²) in [6.07, 6.45) is 1.98. The molecule has 7 aromatic rings. The summed E-state index contributed by atoms with van der Waals surface area (Å²) >= 11 is 0. The molecule has 0 aliphatic heterocycles. The van der Waals surface area contributed by atoms with E-state index in [1.807, 2.05) is 6.20 Å². The number of benzene rings is 6. The minimum absolute atomic E-state index is 0.986. The first-order chi connectivity index (χ1) is 18.3. The van der Waals surface area contributed by atoms with Gasteiger partial charge in [-0.1, -0.05) is 84.9 Å². The number of hydrogen-bond acceptors (Lipinski definition) is 2. The molecule has 6 aromatic carbocycles. The van der Waals surface area contributed by atoms with Crippen molar-refractivity contribution in [1.29, 1.82) is 0 Å². The van der Waals surface area contributed by atoms with Crippen LogP contribution in [0.4, 0.5) is 17.1 Å². The summed E-state index contributed by atoms with van der Waals surface area (Å²) in [5.41, 5.74) is 6.63. The maximum atomic E-state index is 4.81. The molecule has 2 heteroatoms. The Balaban J connectivity index is 1.37. The molecule has 0 atom stereocenters. The third-order valence-electron chi connectivity index (χ3n) is 7.01. The van der Waals surface area contributed by atoms with E-state index in [2.05, 4.69) is 144 Å². The van der Waals surface area contributed by atoms with Crippen LogP contribution < -0.4 is 4.90 Å². The lowest BCUT2D eigenvalue weighted by molar-refractivity contribution is 1.29. The van der Waals surface area contributed by atoms with Crippen LogP contribution >= 0.6 is 0 Å². The van der Waals surface area contributed by atoms with E-state index in [9.17, 15) is 0 Å². The third kappa shape index (κ3) is 3.99. The van der Waals surface area contributed by atoms with E-state index in [0.29, 0.717) is 0 Å². The van der Waals surface area contributed by atoms with E-state index in [1.54, 1.807) is 0 Å². The van der Waals surface area contributed by atoms with Crippen LogP contribution in [0.25, 0.3) is 43.6 Å². The third-order valence-corrected chi connectivity index (χ3v) is 7.01. The first-order valence-electron chi connectivity index (χ1n) is 12.5. The fraction of sp³-hybridized carbons (Fsp3) is 0. The van der Waals surface area contributed by atoms with Gasteiger partial charge in [0.2, 0.25) is 0 Å². The number of rotatable bonds is 4. The van der Waals surface area contributed by atoms with Crippen LogP contribution in [-0.4, -0.2) is 4.98 Å². The van der Waals surface area contributed by atoms with Gasteiger partial charge in [0.25, 0.3) is 0 Å². The molecule has 1 aromatic heterocycles. The first kappa shape index (κ1) is 21.3. The Labute approximate surface area is 216 Å². The lowest BCUT2D eigenvalue weighted by Crippen LogP contribution is -2.09. The van der Waals surface area contributed by atoms with Gasteiger partial charge in [-0.25, -0.2) is 0 Å². The van der Waals surface area contributed by atoms with Crippen LogP contribution in [0.1, 0.15) is 0 Å². The second-order valence-electron chi connectivity index (χ2n) is 9.37. The van der Waals surface area contributed by atoms with E-state index >= 15 is 0 Å². The maximum absolute atomic E-state index is 4.81. The Morgan fingerprint density at radius 3 is 1.70 bits per heavy atom. The number of para-hydroxylation sites is 1. The minimum atomic E-state index is 0.986. The van der Waals surface area contributed by atoms with Gasteiger partial charge in [-0.3, -0.25) is 4.98 Å². The molecule has 7 rings (SSSR count). The molecule has 0 saturated heterocycles. The van der Waals surface area contributed by atoms with Crippen molar-refractivity contribution >= 4 is 49.5 Å². The normalized spacial score (nSPS) is 11.2. The summed E-state index contributed by atoms with van der Waals surface area (Å²) < 4.78 is 0. The van der Waals surface area contributed by atoms with Crippen LogP contribution in [0, 0.1) is 0 Å². The second kappa shape index (κ2) is 8.92. The highest BCUT2D eigenvalue weighted by atomic mass is 15.1. The molecule has 0 bridgehead atoms. The second-order valence-corrected chi connectivity index (χ2v) is 9.37. The van der Waals surface area contributed by atoms with Crippen LogP contribution in [-0.2, 0) is 0 Å². The molecule has 0 radical (unpaired) electrons. The topological polar surface area (TPSA) is 16.1 Å². The molecule has 37 heavy (non-hydrogen) atoms. The highest BCUT2D eigenvalue weighted by Crippen LogP contribution is 2.37. The predicted octanol–water partition coefficient (Wildman–Crippen LogP) is 9.68. The number of hydrogen-bond donors (Lipinski definition) is 0. The van der Waals surface area contributed by atoms with Gasteiger partial charge >= 0.3 is 0 Å². The van der Waals surface area contributed by atoms with Gasteiger partial charge in [0.05, 0.1) is 5.52 Å². The molecule has 0 aliphatic rings. The summed E-state index contributed by atoms with van der Waals surface area (Å²) in [5, 5.41) is 6.06.